The lowest BCUT2D eigenvalue weighted by atomic mass is 10.2. The highest BCUT2D eigenvalue weighted by Crippen LogP contribution is 2.12. The SMILES string of the molecule is COc1cc(C)nc(NCc2cc(C)[nH]c(=O)c2)n1. The summed E-state index contributed by atoms with van der Waals surface area (Å²) in [5.41, 5.74) is 2.41. The van der Waals surface area contributed by atoms with Crippen LogP contribution in [-0.4, -0.2) is 22.1 Å². The average Bonchev–Trinajstić information content (AvgIpc) is 2.34. The van der Waals surface area contributed by atoms with Gasteiger partial charge in [0.2, 0.25) is 17.4 Å². The van der Waals surface area contributed by atoms with E-state index in [1.807, 2.05) is 19.9 Å². The Labute approximate surface area is 110 Å². The largest absolute Gasteiger partial charge is 0.481 e. The Kier molecular flexibility index (Phi) is 3.79. The number of anilines is 1. The first-order chi connectivity index (χ1) is 9.06. The molecule has 0 unspecified atom stereocenters. The molecule has 2 rings (SSSR count). The summed E-state index contributed by atoms with van der Waals surface area (Å²) in [6, 6.07) is 5.21. The molecule has 0 radical (unpaired) electrons. The van der Waals surface area contributed by atoms with Gasteiger partial charge in [0.05, 0.1) is 7.11 Å². The van der Waals surface area contributed by atoms with Gasteiger partial charge in [-0.15, -0.1) is 0 Å². The first-order valence-corrected chi connectivity index (χ1v) is 5.90. The summed E-state index contributed by atoms with van der Waals surface area (Å²) >= 11 is 0. The number of pyridine rings is 1. The zero-order valence-corrected chi connectivity index (χ0v) is 11.2. The van der Waals surface area contributed by atoms with E-state index in [9.17, 15) is 4.79 Å². The standard InChI is InChI=1S/C13H16N4O2/c1-8-4-10(6-11(18)15-8)7-14-13-16-9(2)5-12(17-13)19-3/h4-6H,7H2,1-3H3,(H,15,18)(H,14,16,17). The topological polar surface area (TPSA) is 79.9 Å². The molecule has 19 heavy (non-hydrogen) atoms. The number of methoxy groups -OCH3 is 1. The van der Waals surface area contributed by atoms with Crippen molar-refractivity contribution in [3.8, 4) is 5.88 Å². The van der Waals surface area contributed by atoms with Gasteiger partial charge in [-0.1, -0.05) is 0 Å². The first kappa shape index (κ1) is 13.1. The molecule has 0 amide bonds. The van der Waals surface area contributed by atoms with Crippen LogP contribution in [0.15, 0.2) is 23.0 Å². The number of rotatable bonds is 4. The van der Waals surface area contributed by atoms with E-state index >= 15 is 0 Å². The highest BCUT2D eigenvalue weighted by Gasteiger charge is 2.03. The molecule has 0 aromatic carbocycles. The maximum Gasteiger partial charge on any atom is 0.248 e. The van der Waals surface area contributed by atoms with Crippen molar-refractivity contribution < 1.29 is 4.74 Å². The quantitative estimate of drug-likeness (QED) is 0.868. The summed E-state index contributed by atoms with van der Waals surface area (Å²) in [6.07, 6.45) is 0. The molecule has 0 saturated heterocycles. The van der Waals surface area contributed by atoms with Crippen LogP contribution in [0.25, 0.3) is 0 Å². The van der Waals surface area contributed by atoms with Gasteiger partial charge in [0, 0.05) is 30.1 Å². The molecule has 0 aliphatic rings. The summed E-state index contributed by atoms with van der Waals surface area (Å²) in [6.45, 7) is 4.20. The lowest BCUT2D eigenvalue weighted by Gasteiger charge is -2.07. The van der Waals surface area contributed by atoms with E-state index < -0.39 is 0 Å². The van der Waals surface area contributed by atoms with Crippen LogP contribution in [0.1, 0.15) is 17.0 Å². The normalized spacial score (nSPS) is 10.3. The monoisotopic (exact) mass is 260 g/mol. The fourth-order valence-corrected chi connectivity index (χ4v) is 1.76. The smallest absolute Gasteiger partial charge is 0.248 e. The highest BCUT2D eigenvalue weighted by atomic mass is 16.5. The number of aromatic amines is 1. The first-order valence-electron chi connectivity index (χ1n) is 5.90. The molecule has 0 aliphatic heterocycles. The molecule has 0 saturated carbocycles. The van der Waals surface area contributed by atoms with Gasteiger partial charge in [-0.2, -0.15) is 4.98 Å². The van der Waals surface area contributed by atoms with Crippen molar-refractivity contribution in [3.63, 3.8) is 0 Å². The number of hydrogen-bond acceptors (Lipinski definition) is 5. The minimum absolute atomic E-state index is 0.112. The molecule has 2 aromatic rings. The van der Waals surface area contributed by atoms with Crippen molar-refractivity contribution in [1.29, 1.82) is 0 Å². The minimum atomic E-state index is -0.112. The maximum atomic E-state index is 11.3. The predicted octanol–water partition coefficient (Wildman–Crippen LogP) is 1.40. The Morgan fingerprint density at radius 3 is 2.74 bits per heavy atom. The lowest BCUT2D eigenvalue weighted by molar-refractivity contribution is 0.397. The van der Waals surface area contributed by atoms with Crippen LogP contribution in [0.4, 0.5) is 5.95 Å². The lowest BCUT2D eigenvalue weighted by Crippen LogP contribution is -2.11. The van der Waals surface area contributed by atoms with E-state index in [1.54, 1.807) is 19.2 Å². The summed E-state index contributed by atoms with van der Waals surface area (Å²) in [4.78, 5) is 22.5. The maximum absolute atomic E-state index is 11.3. The second kappa shape index (κ2) is 5.51. The van der Waals surface area contributed by atoms with Crippen LogP contribution in [0, 0.1) is 13.8 Å². The van der Waals surface area contributed by atoms with E-state index in [2.05, 4.69) is 20.3 Å². The number of H-pyrrole nitrogens is 1. The molecule has 2 aromatic heterocycles. The molecule has 2 heterocycles. The van der Waals surface area contributed by atoms with Crippen molar-refractivity contribution in [1.82, 2.24) is 15.0 Å². The van der Waals surface area contributed by atoms with Crippen molar-refractivity contribution in [2.75, 3.05) is 12.4 Å². The Balaban J connectivity index is 2.14. The van der Waals surface area contributed by atoms with E-state index in [0.29, 0.717) is 18.4 Å². The Hall–Kier alpha value is -2.37. The summed E-state index contributed by atoms with van der Waals surface area (Å²) in [5.74, 6) is 0.992. The van der Waals surface area contributed by atoms with Crippen LogP contribution in [0.3, 0.4) is 0 Å². The van der Waals surface area contributed by atoms with Gasteiger partial charge in [0.15, 0.2) is 0 Å². The molecule has 0 atom stereocenters. The molecule has 6 nitrogen and oxygen atoms in total. The fourth-order valence-electron chi connectivity index (χ4n) is 1.76. The van der Waals surface area contributed by atoms with Crippen LogP contribution in [0.5, 0.6) is 5.88 Å². The fraction of sp³-hybridized carbons (Fsp3) is 0.308. The Morgan fingerprint density at radius 1 is 1.26 bits per heavy atom. The number of nitrogens with one attached hydrogen (secondary N) is 2. The van der Waals surface area contributed by atoms with Crippen LogP contribution < -0.4 is 15.6 Å². The molecule has 2 N–H and O–H groups in total. The van der Waals surface area contributed by atoms with Gasteiger partial charge in [-0.3, -0.25) is 4.79 Å². The third-order valence-corrected chi connectivity index (χ3v) is 2.53. The molecule has 0 fully saturated rings. The summed E-state index contributed by atoms with van der Waals surface area (Å²) in [7, 11) is 1.56. The number of hydrogen-bond donors (Lipinski definition) is 2. The van der Waals surface area contributed by atoms with E-state index in [0.717, 1.165) is 17.0 Å². The number of nitrogens with zero attached hydrogens (tertiary/aromatic N) is 2. The zero-order chi connectivity index (χ0) is 13.8. The van der Waals surface area contributed by atoms with Crippen LogP contribution in [0.2, 0.25) is 0 Å². The third-order valence-electron chi connectivity index (χ3n) is 2.53. The van der Waals surface area contributed by atoms with Gasteiger partial charge < -0.3 is 15.0 Å². The van der Waals surface area contributed by atoms with Crippen molar-refractivity contribution >= 4 is 5.95 Å². The number of ether oxygens (including phenoxy) is 1. The van der Waals surface area contributed by atoms with Gasteiger partial charge in [0.1, 0.15) is 0 Å². The second-order valence-electron chi connectivity index (χ2n) is 4.26. The Morgan fingerprint density at radius 2 is 2.05 bits per heavy atom. The predicted molar refractivity (Wildman–Crippen MR) is 72.4 cm³/mol. The molecular weight excluding hydrogens is 244 g/mol. The van der Waals surface area contributed by atoms with Gasteiger partial charge >= 0.3 is 0 Å². The van der Waals surface area contributed by atoms with Gasteiger partial charge in [0.25, 0.3) is 0 Å². The minimum Gasteiger partial charge on any atom is -0.481 e. The number of aryl methyl sites for hydroxylation is 2. The molecule has 6 heteroatoms. The summed E-state index contributed by atoms with van der Waals surface area (Å²) in [5, 5.41) is 3.08. The van der Waals surface area contributed by atoms with Crippen LogP contribution >= 0.6 is 0 Å². The second-order valence-corrected chi connectivity index (χ2v) is 4.26. The van der Waals surface area contributed by atoms with E-state index in [4.69, 9.17) is 4.74 Å². The van der Waals surface area contributed by atoms with Crippen molar-refractivity contribution in [2.45, 2.75) is 20.4 Å². The Bertz CT molecular complexity index is 637. The number of aromatic nitrogens is 3. The van der Waals surface area contributed by atoms with E-state index in [1.165, 1.54) is 0 Å². The van der Waals surface area contributed by atoms with Crippen molar-refractivity contribution in [3.05, 3.63) is 45.5 Å². The van der Waals surface area contributed by atoms with E-state index in [-0.39, 0.29) is 5.56 Å². The van der Waals surface area contributed by atoms with Gasteiger partial charge in [-0.05, 0) is 25.5 Å². The third kappa shape index (κ3) is 3.54. The van der Waals surface area contributed by atoms with Gasteiger partial charge in [-0.25, -0.2) is 4.98 Å². The molecule has 0 aliphatic carbocycles. The molecule has 0 bridgehead atoms. The zero-order valence-electron chi connectivity index (χ0n) is 11.2. The summed E-state index contributed by atoms with van der Waals surface area (Å²) < 4.78 is 5.08. The average molecular weight is 260 g/mol. The molecule has 100 valence electrons. The highest BCUT2D eigenvalue weighted by molar-refractivity contribution is 5.32. The molecule has 0 spiro atoms. The van der Waals surface area contributed by atoms with Crippen LogP contribution in [-0.2, 0) is 6.54 Å². The van der Waals surface area contributed by atoms with Crippen molar-refractivity contribution in [2.24, 2.45) is 0 Å². The molecular formula is C13H16N4O2.